The summed E-state index contributed by atoms with van der Waals surface area (Å²) in [7, 11) is 1.56. The largest absolute Gasteiger partial charge is 0.496 e. The summed E-state index contributed by atoms with van der Waals surface area (Å²) in [6.07, 6.45) is 1.58. The van der Waals surface area contributed by atoms with Crippen LogP contribution in [0.3, 0.4) is 0 Å². The van der Waals surface area contributed by atoms with Gasteiger partial charge in [0.05, 0.1) is 12.7 Å². The smallest absolute Gasteiger partial charge is 0.317 e. The zero-order valence-corrected chi connectivity index (χ0v) is 17.1. The number of rotatable bonds is 6. The van der Waals surface area contributed by atoms with Gasteiger partial charge in [0.25, 0.3) is 5.91 Å². The highest BCUT2D eigenvalue weighted by Gasteiger charge is 2.37. The molecule has 1 aliphatic heterocycles. The molecule has 0 radical (unpaired) electrons. The van der Waals surface area contributed by atoms with Gasteiger partial charge < -0.3 is 20.3 Å². The van der Waals surface area contributed by atoms with E-state index in [1.54, 1.807) is 19.2 Å². The zero-order chi connectivity index (χ0) is 20.7. The van der Waals surface area contributed by atoms with Crippen LogP contribution in [0, 0.1) is 0 Å². The zero-order valence-electron chi connectivity index (χ0n) is 17.1. The minimum atomic E-state index is -0.206. The summed E-state index contributed by atoms with van der Waals surface area (Å²) in [4.78, 5) is 26.9. The molecule has 154 valence electrons. The number of benzene rings is 2. The molecule has 0 atom stereocenters. The van der Waals surface area contributed by atoms with Crippen LogP contribution in [0.1, 0.15) is 35.7 Å². The molecule has 0 unspecified atom stereocenters. The molecule has 0 aromatic heterocycles. The van der Waals surface area contributed by atoms with Gasteiger partial charge in [-0.3, -0.25) is 4.79 Å². The number of nitrogens with one attached hydrogen (secondary N) is 2. The number of urea groups is 1. The molecule has 3 rings (SSSR count). The fraction of sp³-hybridized carbons (Fsp3) is 0.391. The van der Waals surface area contributed by atoms with Crippen LogP contribution in [-0.2, 0) is 5.41 Å². The first-order valence-electron chi connectivity index (χ1n) is 10.1. The molecule has 29 heavy (non-hydrogen) atoms. The Morgan fingerprint density at radius 2 is 1.66 bits per heavy atom. The molecule has 6 heteroatoms. The Labute approximate surface area is 172 Å². The predicted molar refractivity (Wildman–Crippen MR) is 113 cm³/mol. The third-order valence-electron chi connectivity index (χ3n) is 5.66. The number of amides is 3. The number of hydrogen-bond acceptors (Lipinski definition) is 3. The molecular formula is C23H29N3O3. The lowest BCUT2D eigenvalue weighted by Gasteiger charge is -2.42. The summed E-state index contributed by atoms with van der Waals surface area (Å²) >= 11 is 0. The van der Waals surface area contributed by atoms with Crippen molar-refractivity contribution in [1.82, 2.24) is 15.5 Å². The van der Waals surface area contributed by atoms with E-state index in [1.165, 1.54) is 5.56 Å². The summed E-state index contributed by atoms with van der Waals surface area (Å²) in [6.45, 7) is 4.37. The molecule has 0 bridgehead atoms. The first-order chi connectivity index (χ1) is 14.1. The average Bonchev–Trinajstić information content (AvgIpc) is 2.78. The van der Waals surface area contributed by atoms with Crippen molar-refractivity contribution < 1.29 is 14.3 Å². The third-order valence-corrected chi connectivity index (χ3v) is 5.66. The van der Waals surface area contributed by atoms with Gasteiger partial charge in [-0.15, -0.1) is 0 Å². The molecule has 0 spiro atoms. The van der Waals surface area contributed by atoms with Crippen molar-refractivity contribution in [2.75, 3.05) is 33.3 Å². The Kier molecular flexibility index (Phi) is 6.75. The highest BCUT2D eigenvalue weighted by atomic mass is 16.5. The van der Waals surface area contributed by atoms with Gasteiger partial charge in [0.2, 0.25) is 0 Å². The van der Waals surface area contributed by atoms with E-state index in [0.29, 0.717) is 37.5 Å². The van der Waals surface area contributed by atoms with E-state index in [1.807, 2.05) is 42.2 Å². The van der Waals surface area contributed by atoms with Crippen LogP contribution in [0.2, 0.25) is 0 Å². The lowest BCUT2D eigenvalue weighted by atomic mass is 9.72. The molecular weight excluding hydrogens is 366 g/mol. The molecule has 6 nitrogen and oxygen atoms in total. The van der Waals surface area contributed by atoms with Crippen LogP contribution in [-0.4, -0.2) is 50.1 Å². The van der Waals surface area contributed by atoms with Gasteiger partial charge in [-0.25, -0.2) is 4.79 Å². The van der Waals surface area contributed by atoms with E-state index in [2.05, 4.69) is 22.8 Å². The van der Waals surface area contributed by atoms with Crippen molar-refractivity contribution in [3.8, 4) is 5.75 Å². The summed E-state index contributed by atoms with van der Waals surface area (Å²) in [5, 5.41) is 5.98. The Bertz CT molecular complexity index is 830. The summed E-state index contributed by atoms with van der Waals surface area (Å²) in [5.41, 5.74) is 1.51. The van der Waals surface area contributed by atoms with E-state index in [0.717, 1.165) is 12.8 Å². The van der Waals surface area contributed by atoms with Crippen molar-refractivity contribution in [2.45, 2.75) is 25.2 Å². The van der Waals surface area contributed by atoms with E-state index < -0.39 is 0 Å². The Morgan fingerprint density at radius 1 is 1.00 bits per heavy atom. The number of hydrogen-bond donors (Lipinski definition) is 2. The number of carbonyl (C=O) groups is 2. The van der Waals surface area contributed by atoms with Crippen molar-refractivity contribution >= 4 is 11.9 Å². The Hall–Kier alpha value is -3.02. The summed E-state index contributed by atoms with van der Waals surface area (Å²) in [5.74, 6) is 0.411. The fourth-order valence-corrected chi connectivity index (χ4v) is 3.94. The van der Waals surface area contributed by atoms with Gasteiger partial charge in [-0.2, -0.15) is 0 Å². The second-order valence-electron chi connectivity index (χ2n) is 7.35. The van der Waals surface area contributed by atoms with Gasteiger partial charge in [-0.05, 0) is 37.5 Å². The highest BCUT2D eigenvalue weighted by Crippen LogP contribution is 2.35. The van der Waals surface area contributed by atoms with Gasteiger partial charge in [0, 0.05) is 31.6 Å². The van der Waals surface area contributed by atoms with Crippen LogP contribution in [0.25, 0.3) is 0 Å². The monoisotopic (exact) mass is 395 g/mol. The van der Waals surface area contributed by atoms with Crippen LogP contribution in [0.5, 0.6) is 5.75 Å². The lowest BCUT2D eigenvalue weighted by molar-refractivity contribution is 0.0923. The Balaban J connectivity index is 1.76. The number of piperidine rings is 1. The number of ether oxygens (including phenoxy) is 1. The molecule has 1 fully saturated rings. The molecule has 3 amide bonds. The number of likely N-dealkylation sites (tertiary alicyclic amines) is 1. The van der Waals surface area contributed by atoms with Crippen molar-refractivity contribution in [1.29, 1.82) is 0 Å². The van der Waals surface area contributed by atoms with E-state index in [-0.39, 0.29) is 17.4 Å². The van der Waals surface area contributed by atoms with E-state index in [9.17, 15) is 9.59 Å². The number of para-hydroxylation sites is 1. The number of methoxy groups -OCH3 is 1. The number of nitrogens with zero attached hydrogens (tertiary/aromatic N) is 1. The second-order valence-corrected chi connectivity index (χ2v) is 7.35. The molecule has 2 aromatic rings. The van der Waals surface area contributed by atoms with Gasteiger partial charge in [0.1, 0.15) is 5.75 Å². The third kappa shape index (κ3) is 4.70. The maximum absolute atomic E-state index is 12.8. The van der Waals surface area contributed by atoms with E-state index in [4.69, 9.17) is 4.74 Å². The van der Waals surface area contributed by atoms with Crippen LogP contribution < -0.4 is 15.4 Å². The molecule has 0 aliphatic carbocycles. The first-order valence-corrected chi connectivity index (χ1v) is 10.1. The molecule has 1 aliphatic rings. The van der Waals surface area contributed by atoms with Gasteiger partial charge in [-0.1, -0.05) is 42.5 Å². The molecule has 2 aromatic carbocycles. The maximum atomic E-state index is 12.8. The average molecular weight is 396 g/mol. The quantitative estimate of drug-likeness (QED) is 0.789. The van der Waals surface area contributed by atoms with Gasteiger partial charge in [0.15, 0.2) is 0 Å². The molecule has 2 N–H and O–H groups in total. The SMILES string of the molecule is CCNC(=O)N1CCC(CNC(=O)c2ccccc2OC)(c2ccccc2)CC1. The maximum Gasteiger partial charge on any atom is 0.317 e. The second kappa shape index (κ2) is 9.45. The first kappa shape index (κ1) is 20.7. The van der Waals surface area contributed by atoms with Crippen LogP contribution in [0.15, 0.2) is 54.6 Å². The molecule has 0 saturated carbocycles. The number of carbonyl (C=O) groups excluding carboxylic acids is 2. The summed E-state index contributed by atoms with van der Waals surface area (Å²) in [6, 6.07) is 17.5. The van der Waals surface area contributed by atoms with Gasteiger partial charge >= 0.3 is 6.03 Å². The van der Waals surface area contributed by atoms with Crippen molar-refractivity contribution in [2.24, 2.45) is 0 Å². The van der Waals surface area contributed by atoms with Crippen molar-refractivity contribution in [3.05, 3.63) is 65.7 Å². The minimum absolute atomic E-state index is 0.0211. The predicted octanol–water partition coefficient (Wildman–Crippen LogP) is 3.19. The molecule has 1 saturated heterocycles. The minimum Gasteiger partial charge on any atom is -0.496 e. The lowest BCUT2D eigenvalue weighted by Crippen LogP contribution is -2.52. The standard InChI is InChI=1S/C23H29N3O3/c1-3-24-22(28)26-15-13-23(14-16-26,18-9-5-4-6-10-18)17-25-21(27)19-11-7-8-12-20(19)29-2/h4-12H,3,13-17H2,1-2H3,(H,24,28)(H,25,27). The Morgan fingerprint density at radius 3 is 2.31 bits per heavy atom. The van der Waals surface area contributed by atoms with Crippen LogP contribution >= 0.6 is 0 Å². The highest BCUT2D eigenvalue weighted by molar-refractivity contribution is 5.97. The van der Waals surface area contributed by atoms with Crippen LogP contribution in [0.4, 0.5) is 4.79 Å². The fourth-order valence-electron chi connectivity index (χ4n) is 3.94. The summed E-state index contributed by atoms with van der Waals surface area (Å²) < 4.78 is 5.32. The van der Waals surface area contributed by atoms with E-state index >= 15 is 0 Å². The van der Waals surface area contributed by atoms with Crippen molar-refractivity contribution in [3.63, 3.8) is 0 Å². The normalized spacial score (nSPS) is 15.4. The molecule has 1 heterocycles. The topological polar surface area (TPSA) is 70.7 Å².